The predicted molar refractivity (Wildman–Crippen MR) is 75.5 cm³/mol. The van der Waals surface area contributed by atoms with E-state index in [2.05, 4.69) is 15.2 Å². The van der Waals surface area contributed by atoms with Gasteiger partial charge in [0.25, 0.3) is 5.56 Å². The Morgan fingerprint density at radius 2 is 2.21 bits per heavy atom. The summed E-state index contributed by atoms with van der Waals surface area (Å²) in [4.78, 5) is 18.7. The molecule has 0 amide bonds. The van der Waals surface area contributed by atoms with E-state index in [1.54, 1.807) is 24.0 Å². The highest BCUT2D eigenvalue weighted by atomic mass is 16.1. The van der Waals surface area contributed by atoms with Gasteiger partial charge in [0, 0.05) is 44.5 Å². The summed E-state index contributed by atoms with van der Waals surface area (Å²) in [5.41, 5.74) is 0.363. The summed E-state index contributed by atoms with van der Waals surface area (Å²) in [5, 5.41) is 3.51. The molecule has 2 saturated heterocycles. The molecule has 3 heterocycles. The van der Waals surface area contributed by atoms with Gasteiger partial charge in [-0.25, -0.2) is 4.98 Å². The maximum atomic E-state index is 12.2. The topological polar surface area (TPSA) is 50.2 Å². The largest absolute Gasteiger partial charge is 0.351 e. The Morgan fingerprint density at radius 3 is 3.00 bits per heavy atom. The molecule has 2 aliphatic heterocycles. The van der Waals surface area contributed by atoms with Crippen LogP contribution in [0.25, 0.3) is 0 Å². The summed E-state index contributed by atoms with van der Waals surface area (Å²) in [6.07, 6.45) is 8.37. The Hall–Kier alpha value is -1.36. The lowest BCUT2D eigenvalue weighted by Crippen LogP contribution is -2.52. The zero-order valence-electron chi connectivity index (χ0n) is 11.6. The van der Waals surface area contributed by atoms with Crippen molar-refractivity contribution in [2.75, 3.05) is 31.1 Å². The Labute approximate surface area is 113 Å². The van der Waals surface area contributed by atoms with Crippen molar-refractivity contribution >= 4 is 5.82 Å². The van der Waals surface area contributed by atoms with Crippen molar-refractivity contribution in [3.05, 3.63) is 22.7 Å². The van der Waals surface area contributed by atoms with Crippen LogP contribution in [0, 0.1) is 5.41 Å². The van der Waals surface area contributed by atoms with Crippen LogP contribution in [0.3, 0.4) is 0 Å². The first-order chi connectivity index (χ1) is 9.20. The first kappa shape index (κ1) is 12.7. The van der Waals surface area contributed by atoms with E-state index in [-0.39, 0.29) is 5.56 Å². The third-order valence-electron chi connectivity index (χ3n) is 4.52. The molecule has 1 unspecified atom stereocenters. The predicted octanol–water partition coefficient (Wildman–Crippen LogP) is 0.750. The molecule has 2 aliphatic rings. The van der Waals surface area contributed by atoms with Gasteiger partial charge in [-0.15, -0.1) is 0 Å². The highest BCUT2D eigenvalue weighted by Crippen LogP contribution is 2.36. The lowest BCUT2D eigenvalue weighted by Gasteiger charge is -2.45. The van der Waals surface area contributed by atoms with E-state index < -0.39 is 0 Å². The minimum absolute atomic E-state index is 0.0170. The van der Waals surface area contributed by atoms with Crippen molar-refractivity contribution in [1.82, 2.24) is 14.9 Å². The molecule has 0 saturated carbocycles. The summed E-state index contributed by atoms with van der Waals surface area (Å²) < 4.78 is 1.61. The van der Waals surface area contributed by atoms with Crippen molar-refractivity contribution in [3.63, 3.8) is 0 Å². The summed E-state index contributed by atoms with van der Waals surface area (Å²) in [6, 6.07) is 0. The van der Waals surface area contributed by atoms with Crippen LogP contribution in [-0.2, 0) is 7.05 Å². The van der Waals surface area contributed by atoms with Crippen LogP contribution in [0.4, 0.5) is 5.82 Å². The third kappa shape index (κ3) is 2.39. The van der Waals surface area contributed by atoms with E-state index in [1.165, 1.54) is 19.3 Å². The molecule has 0 aromatic carbocycles. The fourth-order valence-corrected chi connectivity index (χ4v) is 3.47. The smallest absolute Gasteiger partial charge is 0.293 e. The Kier molecular flexibility index (Phi) is 3.31. The van der Waals surface area contributed by atoms with Crippen molar-refractivity contribution in [1.29, 1.82) is 0 Å². The number of piperidine rings is 2. The van der Waals surface area contributed by atoms with Crippen LogP contribution in [0.2, 0.25) is 0 Å². The molecule has 1 atom stereocenters. The molecule has 19 heavy (non-hydrogen) atoms. The van der Waals surface area contributed by atoms with Gasteiger partial charge in [0.05, 0.1) is 0 Å². The molecule has 5 nitrogen and oxygen atoms in total. The number of anilines is 1. The summed E-state index contributed by atoms with van der Waals surface area (Å²) >= 11 is 0. The number of nitrogens with one attached hydrogen (secondary N) is 1. The fourth-order valence-electron chi connectivity index (χ4n) is 3.47. The second-order valence-corrected chi connectivity index (χ2v) is 5.97. The van der Waals surface area contributed by atoms with Crippen LogP contribution in [0.1, 0.15) is 25.7 Å². The van der Waals surface area contributed by atoms with Crippen LogP contribution in [0.5, 0.6) is 0 Å². The fraction of sp³-hybridized carbons (Fsp3) is 0.714. The number of rotatable bonds is 1. The van der Waals surface area contributed by atoms with E-state index in [4.69, 9.17) is 0 Å². The van der Waals surface area contributed by atoms with E-state index in [9.17, 15) is 4.79 Å². The van der Waals surface area contributed by atoms with Gasteiger partial charge in [-0.2, -0.15) is 0 Å². The highest BCUT2D eigenvalue weighted by molar-refractivity contribution is 5.37. The zero-order chi connectivity index (χ0) is 13.3. The second-order valence-electron chi connectivity index (χ2n) is 5.97. The van der Waals surface area contributed by atoms with Gasteiger partial charge in [-0.1, -0.05) is 0 Å². The Balaban J connectivity index is 1.85. The van der Waals surface area contributed by atoms with E-state index in [0.29, 0.717) is 11.2 Å². The van der Waals surface area contributed by atoms with E-state index in [1.807, 2.05) is 0 Å². The van der Waals surface area contributed by atoms with Crippen molar-refractivity contribution < 1.29 is 0 Å². The number of hydrogen-bond donors (Lipinski definition) is 1. The molecule has 2 fully saturated rings. The minimum atomic E-state index is 0.0170. The van der Waals surface area contributed by atoms with Crippen molar-refractivity contribution in [2.45, 2.75) is 25.7 Å². The maximum absolute atomic E-state index is 12.2. The Morgan fingerprint density at radius 1 is 1.37 bits per heavy atom. The van der Waals surface area contributed by atoms with Crippen LogP contribution in [-0.4, -0.2) is 35.7 Å². The van der Waals surface area contributed by atoms with Gasteiger partial charge in [0.2, 0.25) is 0 Å². The molecule has 1 aromatic rings. The molecular formula is C14H22N4O. The average Bonchev–Trinajstić information content (AvgIpc) is 2.43. The van der Waals surface area contributed by atoms with Gasteiger partial charge in [-0.05, 0) is 32.2 Å². The molecule has 5 heteroatoms. The number of aryl methyl sites for hydroxylation is 1. The molecule has 3 rings (SSSR count). The summed E-state index contributed by atoms with van der Waals surface area (Å²) in [5.74, 6) is 0.620. The molecule has 1 spiro atoms. The molecule has 0 bridgehead atoms. The second kappa shape index (κ2) is 4.96. The van der Waals surface area contributed by atoms with Gasteiger partial charge in [0.15, 0.2) is 5.82 Å². The lowest BCUT2D eigenvalue weighted by atomic mass is 9.74. The molecule has 1 aromatic heterocycles. The van der Waals surface area contributed by atoms with Gasteiger partial charge >= 0.3 is 0 Å². The van der Waals surface area contributed by atoms with Crippen LogP contribution < -0.4 is 15.8 Å². The Bertz CT molecular complexity index is 499. The summed E-state index contributed by atoms with van der Waals surface area (Å²) in [7, 11) is 1.79. The first-order valence-electron chi connectivity index (χ1n) is 7.18. The monoisotopic (exact) mass is 262 g/mol. The molecule has 104 valence electrons. The normalized spacial score (nSPS) is 27.7. The quantitative estimate of drug-likeness (QED) is 0.811. The van der Waals surface area contributed by atoms with Gasteiger partial charge in [0.1, 0.15) is 0 Å². The minimum Gasteiger partial charge on any atom is -0.351 e. The van der Waals surface area contributed by atoms with Gasteiger partial charge < -0.3 is 14.8 Å². The van der Waals surface area contributed by atoms with Crippen LogP contribution in [0.15, 0.2) is 17.2 Å². The SMILES string of the molecule is Cn1ccnc(N2CCCC3(CCCNC3)C2)c1=O. The lowest BCUT2D eigenvalue weighted by molar-refractivity contribution is 0.172. The number of aromatic nitrogens is 2. The number of hydrogen-bond acceptors (Lipinski definition) is 4. The zero-order valence-corrected chi connectivity index (χ0v) is 11.6. The molecule has 0 aliphatic carbocycles. The third-order valence-corrected chi connectivity index (χ3v) is 4.52. The highest BCUT2D eigenvalue weighted by Gasteiger charge is 2.37. The molecule has 1 N–H and O–H groups in total. The van der Waals surface area contributed by atoms with Crippen molar-refractivity contribution in [2.24, 2.45) is 12.5 Å². The number of nitrogens with zero attached hydrogens (tertiary/aromatic N) is 3. The summed E-state index contributed by atoms with van der Waals surface area (Å²) in [6.45, 7) is 4.13. The maximum Gasteiger partial charge on any atom is 0.293 e. The van der Waals surface area contributed by atoms with E-state index in [0.717, 1.165) is 32.6 Å². The average molecular weight is 262 g/mol. The molecular weight excluding hydrogens is 240 g/mol. The van der Waals surface area contributed by atoms with Crippen LogP contribution >= 0.6 is 0 Å². The van der Waals surface area contributed by atoms with Crippen molar-refractivity contribution in [3.8, 4) is 0 Å². The van der Waals surface area contributed by atoms with E-state index >= 15 is 0 Å². The van der Waals surface area contributed by atoms with Gasteiger partial charge in [-0.3, -0.25) is 4.79 Å². The first-order valence-corrected chi connectivity index (χ1v) is 7.18. The standard InChI is InChI=1S/C14H22N4O/c1-17-9-7-16-12(13(17)19)18-8-3-5-14(11-18)4-2-6-15-10-14/h7,9,15H,2-6,8,10-11H2,1H3. The molecule has 0 radical (unpaired) electrons.